The topological polar surface area (TPSA) is 27.8 Å². The lowest BCUT2D eigenvalue weighted by Gasteiger charge is -2.63. The molecular weight excluding hydrogens is 472 g/mol. The highest BCUT2D eigenvalue weighted by Gasteiger charge is 2.62. The Morgan fingerprint density at radius 2 is 1.92 bits per heavy atom. The summed E-state index contributed by atoms with van der Waals surface area (Å²) >= 11 is 0. The third-order valence-corrected chi connectivity index (χ3v) is 9.16. The molecule has 2 N–H and O–H groups in total. The van der Waals surface area contributed by atoms with E-state index >= 15 is 0 Å². The van der Waals surface area contributed by atoms with Crippen molar-refractivity contribution < 1.29 is 39.8 Å². The Balaban J connectivity index is 1.67. The van der Waals surface area contributed by atoms with Crippen molar-refractivity contribution in [3.63, 3.8) is 0 Å². The van der Waals surface area contributed by atoms with E-state index in [0.717, 1.165) is 6.92 Å². The molecule has 5 aliphatic rings. The SMILES string of the molecule is [2H]c1c([2H])c([2H])c2c(c1[2H])c1c(n2[2H])C2(N([2H])C([2H])([2H])C1([2H])[2H])C([2H])([2H])C([2H])([2H])[C@]1(C)[C@H]3CC([2H])[C@@]4(C)[C@@]([2H])(C([2H])([2H])C([2H])([2H])[C@]4([2H])[C@H](C)CCCC(C)C)[C@]3([2H])C([2H])([2H])C([2H])([2H])[C@]1([2H])C2([2H])[2H]. The van der Waals surface area contributed by atoms with Gasteiger partial charge >= 0.3 is 0 Å². The molecule has 0 bridgehead atoms. The molecule has 1 spiro atoms. The molecule has 10 atom stereocenters. The van der Waals surface area contributed by atoms with Crippen molar-refractivity contribution in [2.75, 3.05) is 6.50 Å². The molecule has 4 fully saturated rings. The number of H-pyrrole nitrogens is 1. The zero-order chi connectivity index (χ0) is 52.9. The monoisotopic (exact) mass is 558 g/mol. The molecule has 2 aromatic rings. The number of nitrogens with one attached hydrogen (secondary N) is 2. The Hall–Kier alpha value is -1.28. The van der Waals surface area contributed by atoms with Crippen molar-refractivity contribution in [1.29, 1.82) is 0 Å². The summed E-state index contributed by atoms with van der Waals surface area (Å²) in [5.41, 5.74) is -15.0. The van der Waals surface area contributed by atoms with Crippen molar-refractivity contribution in [3.05, 3.63) is 35.4 Å². The first kappa shape index (κ1) is 9.62. The summed E-state index contributed by atoms with van der Waals surface area (Å²) < 4.78 is 278. The van der Waals surface area contributed by atoms with Gasteiger partial charge in [0, 0.05) is 54.6 Å². The smallest absolute Gasteiger partial charge is 0.166 e. The fraction of sp³-hybridized carbons (Fsp3) is 0.784. The molecule has 0 saturated heterocycles. The predicted molar refractivity (Wildman–Crippen MR) is 165 cm³/mol. The average Bonchev–Trinajstić information content (AvgIpc) is 3.55. The molecule has 2 unspecified atom stereocenters. The second kappa shape index (κ2) is 9.64. The number of fused-ring (bicyclic) bond motifs is 9. The third kappa shape index (κ3) is 4.04. The van der Waals surface area contributed by atoms with E-state index in [0.29, 0.717) is 19.8 Å². The summed E-state index contributed by atoms with van der Waals surface area (Å²) in [6, 6.07) is -4.46. The van der Waals surface area contributed by atoms with Crippen LogP contribution in [0.3, 0.4) is 0 Å². The molecule has 39 heavy (non-hydrogen) atoms. The fourth-order valence-electron chi connectivity index (χ4n) is 6.83. The minimum absolute atomic E-state index is 0.00972. The van der Waals surface area contributed by atoms with Crippen molar-refractivity contribution >= 4 is 10.9 Å². The van der Waals surface area contributed by atoms with Crippen LogP contribution in [0.1, 0.15) is 160 Å². The van der Waals surface area contributed by atoms with E-state index < -0.39 is 174 Å². The summed E-state index contributed by atoms with van der Waals surface area (Å²) in [6.07, 6.45) is -36.4. The minimum atomic E-state index is -4.63. The number of hydrogen-bond acceptors (Lipinski definition) is 1. The molecule has 2 heteroatoms. The largest absolute Gasteiger partial charge is 0.357 e. The van der Waals surface area contributed by atoms with Gasteiger partial charge in [-0.05, 0) is 128 Å². The Bertz CT molecular complexity index is 2500. The van der Waals surface area contributed by atoms with Gasteiger partial charge in [0.15, 0.2) is 1.41 Å². The van der Waals surface area contributed by atoms with Crippen LogP contribution in [0, 0.1) is 52.2 Å². The van der Waals surface area contributed by atoms with Gasteiger partial charge in [0.05, 0.1) is 11.0 Å². The van der Waals surface area contributed by atoms with Crippen molar-refractivity contribution in [3.8, 4) is 0 Å². The highest BCUT2D eigenvalue weighted by molar-refractivity contribution is 5.85. The summed E-state index contributed by atoms with van der Waals surface area (Å²) in [5, 5.41) is -1.79. The quantitative estimate of drug-likeness (QED) is 0.376. The number of rotatable bonds is 5. The van der Waals surface area contributed by atoms with Crippen LogP contribution in [-0.4, -0.2) is 11.5 Å². The number of aromatic amines is 1. The zero-order valence-electron chi connectivity index (χ0n) is 52.0. The summed E-state index contributed by atoms with van der Waals surface area (Å²) in [6.45, 7) is 2.54. The number of aryl methyl sites for hydroxylation is 1. The summed E-state index contributed by atoms with van der Waals surface area (Å²) in [4.78, 5) is -0.146. The van der Waals surface area contributed by atoms with Gasteiger partial charge in [0.2, 0.25) is 0 Å². The molecule has 2 nitrogen and oxygen atoms in total. The zero-order valence-corrected chi connectivity index (χ0v) is 23.0. The first-order valence-electron chi connectivity index (χ1n) is 28.4. The maximum atomic E-state index is 10.5. The maximum Gasteiger partial charge on any atom is 0.166 e. The molecule has 1 aromatic heterocycles. The average molecular weight is 558 g/mol. The molecule has 7 rings (SSSR count). The van der Waals surface area contributed by atoms with Crippen LogP contribution in [-0.2, 0) is 11.9 Å². The number of para-hydroxylation sites is 1. The Morgan fingerprint density at radius 3 is 2.77 bits per heavy atom. The van der Waals surface area contributed by atoms with E-state index in [9.17, 15) is 28.9 Å². The van der Waals surface area contributed by atoms with E-state index in [4.69, 9.17) is 11.0 Å². The standard InChI is InChI=1S/C37H56N2/c1-24(2)9-8-10-25(3)30-15-16-31-29-14-13-26-23-37(21-20-35(26,4)32(29)17-19-36(30,31)5)34-28(18-22-38-37)27-11-6-7-12-33(27)39-34/h6-7,11-12,24-26,29-32,38-39H,8-10,13-23H2,1-5H3/t25-,26-,29+,30-,31+,32+,35+,36-,37?/m1/s1/i6D,7D,11D,12D,13D2,14D2,15D2,16D2,18D2,19D,20D2,21D2,22D2,23D2,26D,29D,30D,31D/hD2/t19?,25-,26-,29+,30-,31+,32+,35+,36-,37?. The molecule has 4 aliphatic carbocycles. The molecule has 0 amide bonds. The van der Waals surface area contributed by atoms with Crippen LogP contribution in [0.15, 0.2) is 24.2 Å². The maximum absolute atomic E-state index is 10.5. The summed E-state index contributed by atoms with van der Waals surface area (Å²) in [7, 11) is 0. The van der Waals surface area contributed by atoms with Crippen LogP contribution in [0.2, 0.25) is 2.82 Å². The van der Waals surface area contributed by atoms with Crippen LogP contribution >= 0.6 is 0 Å². The van der Waals surface area contributed by atoms with Crippen molar-refractivity contribution in [2.24, 2.45) is 52.2 Å². The number of benzene rings is 1. The predicted octanol–water partition coefficient (Wildman–Crippen LogP) is 9.63. The molecular formula is C37H56N2. The van der Waals surface area contributed by atoms with Gasteiger partial charge < -0.3 is 10.3 Å². The molecule has 2 heterocycles. The first-order chi connectivity index (χ1) is 30.0. The van der Waals surface area contributed by atoms with Gasteiger partial charge in [0.25, 0.3) is 0 Å². The second-order valence-corrected chi connectivity index (χ2v) is 12.2. The molecule has 0 radical (unpaired) electrons. The van der Waals surface area contributed by atoms with Gasteiger partial charge in [-0.25, -0.2) is 0 Å². The van der Waals surface area contributed by atoms with Gasteiger partial charge in [-0.15, -0.1) is 0 Å². The lowest BCUT2D eigenvalue weighted by Crippen LogP contribution is -2.59. The number of aromatic nitrogens is 1. The lowest BCUT2D eigenvalue weighted by atomic mass is 9.43. The highest BCUT2D eigenvalue weighted by Crippen LogP contribution is 2.69. The Morgan fingerprint density at radius 1 is 1.08 bits per heavy atom. The third-order valence-electron chi connectivity index (χ3n) is 9.16. The van der Waals surface area contributed by atoms with Crippen LogP contribution in [0.4, 0.5) is 0 Å². The van der Waals surface area contributed by atoms with Crippen LogP contribution in [0.5, 0.6) is 0 Å². The van der Waals surface area contributed by atoms with Gasteiger partial charge in [-0.3, -0.25) is 0 Å². The van der Waals surface area contributed by atoms with Crippen LogP contribution < -0.4 is 5.31 Å². The van der Waals surface area contributed by atoms with E-state index in [-0.39, 0.29) is 17.3 Å². The highest BCUT2D eigenvalue weighted by atomic mass is 15.0. The minimum Gasteiger partial charge on any atom is -0.357 e. The van der Waals surface area contributed by atoms with Gasteiger partial charge in [-0.2, -0.15) is 0 Å². The van der Waals surface area contributed by atoms with Gasteiger partial charge in [0.1, 0.15) is 1.41 Å². The van der Waals surface area contributed by atoms with E-state index in [1.165, 1.54) is 6.92 Å². The van der Waals surface area contributed by atoms with E-state index in [2.05, 4.69) is 0 Å². The van der Waals surface area contributed by atoms with Crippen molar-refractivity contribution in [1.82, 2.24) is 10.3 Å². The first-order valence-corrected chi connectivity index (χ1v) is 13.9. The van der Waals surface area contributed by atoms with Crippen molar-refractivity contribution in [2.45, 2.75) is 123 Å². The number of hydrogen-bond donors (Lipinski definition) is 2. The Kier molecular flexibility index (Phi) is 2.38. The molecule has 1 aliphatic heterocycles. The van der Waals surface area contributed by atoms with Gasteiger partial charge in [-0.1, -0.05) is 72.0 Å². The van der Waals surface area contributed by atoms with E-state index in [1.54, 1.807) is 0 Å². The van der Waals surface area contributed by atoms with Crippen LogP contribution in [0.25, 0.3) is 10.9 Å². The normalized spacial score (nSPS) is 74.7. The fourth-order valence-corrected chi connectivity index (χ4v) is 6.83. The molecule has 1 aromatic carbocycles. The second-order valence-electron chi connectivity index (χ2n) is 12.2. The van der Waals surface area contributed by atoms with E-state index in [1.807, 2.05) is 13.8 Å². The molecule has 214 valence electrons. The summed E-state index contributed by atoms with van der Waals surface area (Å²) in [5.74, 6) is -19.1. The lowest BCUT2D eigenvalue weighted by molar-refractivity contribution is -0.128. The molecule has 4 saturated carbocycles. The Labute approximate surface area is 279 Å².